The largest absolute Gasteiger partial charge is 0.423 e. The van der Waals surface area contributed by atoms with Gasteiger partial charge in [-0.1, -0.05) is 12.1 Å². The summed E-state index contributed by atoms with van der Waals surface area (Å²) in [5.74, 6) is -0.666. The summed E-state index contributed by atoms with van der Waals surface area (Å²) < 4.78 is 52.6. The van der Waals surface area contributed by atoms with E-state index in [0.29, 0.717) is 25.7 Å². The van der Waals surface area contributed by atoms with Gasteiger partial charge in [-0.15, -0.1) is 0 Å². The summed E-state index contributed by atoms with van der Waals surface area (Å²) in [6.07, 6.45) is -2.48. The predicted octanol–water partition coefficient (Wildman–Crippen LogP) is 4.89. The molecule has 3 rings (SSSR count). The quantitative estimate of drug-likeness (QED) is 0.273. The minimum Gasteiger partial charge on any atom is -0.334 e. The number of carbonyl (C=O) groups excluding carboxylic acids is 1. The number of hydrogen-bond acceptors (Lipinski definition) is 4. The Kier molecular flexibility index (Phi) is 7.16. The van der Waals surface area contributed by atoms with Crippen LogP contribution in [0.5, 0.6) is 0 Å². The molecule has 2 aromatic rings. The van der Waals surface area contributed by atoms with Crippen LogP contribution in [0, 0.1) is 15.9 Å². The van der Waals surface area contributed by atoms with Crippen molar-refractivity contribution in [1.29, 1.82) is 0 Å². The van der Waals surface area contributed by atoms with Crippen LogP contribution in [0.3, 0.4) is 0 Å². The molecule has 0 unspecified atom stereocenters. The third kappa shape index (κ3) is 5.95. The molecule has 1 aliphatic rings. The van der Waals surface area contributed by atoms with Gasteiger partial charge in [-0.3, -0.25) is 19.8 Å². The molecular formula is C23H23F4N3O3. The van der Waals surface area contributed by atoms with Gasteiger partial charge < -0.3 is 4.90 Å². The van der Waals surface area contributed by atoms with Crippen molar-refractivity contribution in [3.8, 4) is 0 Å². The van der Waals surface area contributed by atoms with E-state index in [1.807, 2.05) is 13.8 Å². The number of amides is 1. The third-order valence-corrected chi connectivity index (χ3v) is 5.64. The molecule has 1 amide bonds. The average Bonchev–Trinajstić information content (AvgIpc) is 2.75. The van der Waals surface area contributed by atoms with Gasteiger partial charge in [-0.05, 0) is 55.3 Å². The Labute approximate surface area is 188 Å². The summed E-state index contributed by atoms with van der Waals surface area (Å²) in [6, 6.07) is 8.71. The zero-order chi connectivity index (χ0) is 24.3. The highest BCUT2D eigenvalue weighted by atomic mass is 19.4. The highest BCUT2D eigenvalue weighted by Crippen LogP contribution is 2.36. The lowest BCUT2D eigenvalue weighted by molar-refractivity contribution is -0.388. The van der Waals surface area contributed by atoms with Gasteiger partial charge in [-0.2, -0.15) is 13.2 Å². The van der Waals surface area contributed by atoms with Crippen LogP contribution in [0.4, 0.5) is 23.2 Å². The van der Waals surface area contributed by atoms with E-state index in [1.165, 1.54) is 30.4 Å². The van der Waals surface area contributed by atoms with Crippen molar-refractivity contribution < 1.29 is 27.3 Å². The number of rotatable bonds is 5. The molecule has 0 aromatic heterocycles. The average molecular weight is 465 g/mol. The summed E-state index contributed by atoms with van der Waals surface area (Å²) in [5, 5.41) is 10.9. The number of piperazine rings is 1. The van der Waals surface area contributed by atoms with E-state index in [2.05, 4.69) is 4.90 Å². The molecule has 1 fully saturated rings. The molecule has 6 nitrogen and oxygen atoms in total. The number of carbonyl (C=O) groups is 1. The van der Waals surface area contributed by atoms with Crippen LogP contribution < -0.4 is 0 Å². The maximum absolute atomic E-state index is 13.2. The van der Waals surface area contributed by atoms with Gasteiger partial charge in [0, 0.05) is 43.9 Å². The Morgan fingerprint density at radius 2 is 1.79 bits per heavy atom. The lowest BCUT2D eigenvalue weighted by atomic mass is 10.1. The number of benzene rings is 2. The molecule has 1 heterocycles. The molecule has 0 saturated carbocycles. The lowest BCUT2D eigenvalue weighted by Gasteiger charge is -2.44. The Balaban J connectivity index is 1.69. The van der Waals surface area contributed by atoms with Gasteiger partial charge in [0.05, 0.1) is 4.92 Å². The molecule has 10 heteroatoms. The number of nitro groups is 1. The standard InChI is InChI=1S/C23H23F4N3O3/c1-15-13-29(16(2)12-28(15)14-18-3-7-19(24)8-4-18)22(31)10-6-17-5-9-21(30(32)33)20(11-17)23(25,26)27/h3-11,15-16H,12-14H2,1-2H3/t15-,16+/m0/s1. The SMILES string of the molecule is C[C@@H]1CN(Cc2ccc(F)cc2)[C@@H](C)CN1C(=O)C=Cc1ccc([N+](=O)[O-])c(C(F)(F)F)c1. The summed E-state index contributed by atoms with van der Waals surface area (Å²) in [4.78, 5) is 26.3. The lowest BCUT2D eigenvalue weighted by Crippen LogP contribution is -2.57. The zero-order valence-electron chi connectivity index (χ0n) is 18.1. The topological polar surface area (TPSA) is 66.7 Å². The highest BCUT2D eigenvalue weighted by molar-refractivity contribution is 5.92. The maximum Gasteiger partial charge on any atom is 0.423 e. The van der Waals surface area contributed by atoms with E-state index in [0.717, 1.165) is 11.6 Å². The molecule has 33 heavy (non-hydrogen) atoms. The second kappa shape index (κ2) is 9.70. The highest BCUT2D eigenvalue weighted by Gasteiger charge is 2.38. The minimum atomic E-state index is -4.89. The normalized spacial score (nSPS) is 19.8. The molecule has 2 atom stereocenters. The van der Waals surface area contributed by atoms with Crippen LogP contribution in [0.2, 0.25) is 0 Å². The minimum absolute atomic E-state index is 0.0137. The number of hydrogen-bond donors (Lipinski definition) is 0. The van der Waals surface area contributed by atoms with Crippen molar-refractivity contribution >= 4 is 17.7 Å². The van der Waals surface area contributed by atoms with Gasteiger partial charge in [0.1, 0.15) is 11.4 Å². The molecule has 0 bridgehead atoms. The van der Waals surface area contributed by atoms with E-state index in [-0.39, 0.29) is 29.4 Å². The van der Waals surface area contributed by atoms with E-state index < -0.39 is 22.4 Å². The van der Waals surface area contributed by atoms with Crippen molar-refractivity contribution in [2.24, 2.45) is 0 Å². The second-order valence-corrected chi connectivity index (χ2v) is 8.11. The Hall–Kier alpha value is -3.27. The van der Waals surface area contributed by atoms with Crippen molar-refractivity contribution in [1.82, 2.24) is 9.80 Å². The summed E-state index contributed by atoms with van der Waals surface area (Å²) in [6.45, 7) is 5.44. The fourth-order valence-electron chi connectivity index (χ4n) is 3.86. The van der Waals surface area contributed by atoms with Crippen LogP contribution >= 0.6 is 0 Å². The Morgan fingerprint density at radius 3 is 2.39 bits per heavy atom. The van der Waals surface area contributed by atoms with Crippen molar-refractivity contribution in [3.05, 3.63) is 81.2 Å². The Morgan fingerprint density at radius 1 is 1.12 bits per heavy atom. The first-order valence-corrected chi connectivity index (χ1v) is 10.3. The van der Waals surface area contributed by atoms with Crippen molar-refractivity contribution in [2.45, 2.75) is 38.7 Å². The third-order valence-electron chi connectivity index (χ3n) is 5.64. The molecule has 2 aromatic carbocycles. The predicted molar refractivity (Wildman–Crippen MR) is 115 cm³/mol. The first-order valence-electron chi connectivity index (χ1n) is 10.3. The second-order valence-electron chi connectivity index (χ2n) is 8.11. The van der Waals surface area contributed by atoms with Gasteiger partial charge in [0.15, 0.2) is 0 Å². The summed E-state index contributed by atoms with van der Waals surface area (Å²) in [7, 11) is 0. The molecular weight excluding hydrogens is 442 g/mol. The van der Waals surface area contributed by atoms with Crippen LogP contribution in [-0.2, 0) is 17.5 Å². The van der Waals surface area contributed by atoms with Gasteiger partial charge in [0.25, 0.3) is 5.69 Å². The zero-order valence-corrected chi connectivity index (χ0v) is 18.1. The first-order chi connectivity index (χ1) is 15.5. The molecule has 1 aliphatic heterocycles. The van der Waals surface area contributed by atoms with Gasteiger partial charge in [-0.25, -0.2) is 4.39 Å². The van der Waals surface area contributed by atoms with Crippen molar-refractivity contribution in [2.75, 3.05) is 13.1 Å². The van der Waals surface area contributed by atoms with E-state index >= 15 is 0 Å². The van der Waals surface area contributed by atoms with E-state index in [1.54, 1.807) is 17.0 Å². The number of nitro benzene ring substituents is 1. The number of alkyl halides is 3. The summed E-state index contributed by atoms with van der Waals surface area (Å²) in [5.41, 5.74) is -1.41. The fourth-order valence-corrected chi connectivity index (χ4v) is 3.86. The van der Waals surface area contributed by atoms with Gasteiger partial charge in [0.2, 0.25) is 5.91 Å². The molecule has 1 saturated heterocycles. The van der Waals surface area contributed by atoms with Gasteiger partial charge >= 0.3 is 6.18 Å². The number of halogens is 4. The van der Waals surface area contributed by atoms with E-state index in [9.17, 15) is 32.5 Å². The molecule has 0 spiro atoms. The van der Waals surface area contributed by atoms with Crippen LogP contribution in [0.15, 0.2) is 48.5 Å². The molecule has 0 N–H and O–H groups in total. The smallest absolute Gasteiger partial charge is 0.334 e. The molecule has 0 aliphatic carbocycles. The van der Waals surface area contributed by atoms with Crippen LogP contribution in [0.1, 0.15) is 30.5 Å². The molecule has 0 radical (unpaired) electrons. The van der Waals surface area contributed by atoms with Crippen molar-refractivity contribution in [3.63, 3.8) is 0 Å². The first kappa shape index (κ1) is 24.4. The Bertz CT molecular complexity index is 1050. The number of nitrogens with zero attached hydrogens (tertiary/aromatic N) is 3. The fraction of sp³-hybridized carbons (Fsp3) is 0.348. The van der Waals surface area contributed by atoms with Crippen LogP contribution in [-0.4, -0.2) is 45.8 Å². The van der Waals surface area contributed by atoms with E-state index in [4.69, 9.17) is 0 Å². The molecule has 176 valence electrons. The van der Waals surface area contributed by atoms with Crippen LogP contribution in [0.25, 0.3) is 6.08 Å². The maximum atomic E-state index is 13.2. The summed E-state index contributed by atoms with van der Waals surface area (Å²) >= 11 is 0. The monoisotopic (exact) mass is 465 g/mol.